The summed E-state index contributed by atoms with van der Waals surface area (Å²) in [6.45, 7) is 6.81. The van der Waals surface area contributed by atoms with Gasteiger partial charge in [0.2, 0.25) is 0 Å². The summed E-state index contributed by atoms with van der Waals surface area (Å²) in [5, 5.41) is 0. The van der Waals surface area contributed by atoms with E-state index in [-0.39, 0.29) is 30.5 Å². The van der Waals surface area contributed by atoms with Crippen LogP contribution in [0.15, 0.2) is 25.3 Å². The Kier molecular flexibility index (Phi) is 9.93. The zero-order valence-electron chi connectivity index (χ0n) is 5.30. The number of carbonyl (C=O) groups excluding carboxylic acids is 1. The average Bonchev–Trinajstić information content (AvgIpc) is 1.83. The monoisotopic (exact) mass is 234 g/mol. The van der Waals surface area contributed by atoms with Crippen molar-refractivity contribution in [1.82, 2.24) is 0 Å². The second-order valence-electron chi connectivity index (χ2n) is 1.12. The van der Waals surface area contributed by atoms with Gasteiger partial charge < -0.3 is 4.74 Å². The number of hydrogen-bond acceptors (Lipinski definition) is 2. The van der Waals surface area contributed by atoms with Gasteiger partial charge in [0.1, 0.15) is 6.61 Å². The summed E-state index contributed by atoms with van der Waals surface area (Å²) < 4.78 is 4.47. The molecule has 0 aliphatic carbocycles. The van der Waals surface area contributed by atoms with Crippen molar-refractivity contribution in [3.8, 4) is 0 Å². The Bertz CT molecular complexity index is 110. The molecule has 0 bridgehead atoms. The van der Waals surface area contributed by atoms with Gasteiger partial charge in [-0.05, 0) is 0 Å². The molecule has 0 N–H and O–H groups in total. The molecule has 2 nitrogen and oxygen atoms in total. The molecule has 0 rings (SSSR count). The molecule has 0 heterocycles. The Morgan fingerprint density at radius 3 is 2.44 bits per heavy atom. The van der Waals surface area contributed by atoms with Gasteiger partial charge in [0.05, 0.1) is 0 Å². The van der Waals surface area contributed by atoms with Gasteiger partial charge in [-0.15, -0.1) is 0 Å². The maximum atomic E-state index is 10.2. The Hall–Kier alpha value is -0.251. The number of carbonyl (C=O) groups is 1. The van der Waals surface area contributed by atoms with Gasteiger partial charge in [0, 0.05) is 6.08 Å². The first-order chi connectivity index (χ1) is 3.81. The predicted octanol–water partition coefficient (Wildman–Crippen LogP) is -0.0146. The molecule has 0 fully saturated rings. The Balaban J connectivity index is 0. The first-order valence-electron chi connectivity index (χ1n) is 2.21. The Morgan fingerprint density at radius 2 is 2.11 bits per heavy atom. The van der Waals surface area contributed by atoms with Crippen LogP contribution in [-0.4, -0.2) is 36.5 Å². The molecular formula is C6H10O2Sn. The summed E-state index contributed by atoms with van der Waals surface area (Å²) in [7, 11) is 0. The van der Waals surface area contributed by atoms with Gasteiger partial charge in [-0.1, -0.05) is 19.2 Å². The van der Waals surface area contributed by atoms with E-state index >= 15 is 0 Å². The minimum absolute atomic E-state index is 0. The van der Waals surface area contributed by atoms with Crippen molar-refractivity contribution in [2.75, 3.05) is 6.61 Å². The van der Waals surface area contributed by atoms with Crippen LogP contribution in [-0.2, 0) is 9.53 Å². The molecule has 0 aromatic rings. The Labute approximate surface area is 71.5 Å². The van der Waals surface area contributed by atoms with Crippen molar-refractivity contribution in [3.05, 3.63) is 25.3 Å². The average molecular weight is 233 g/mol. The van der Waals surface area contributed by atoms with Crippen molar-refractivity contribution in [1.29, 1.82) is 0 Å². The van der Waals surface area contributed by atoms with Crippen molar-refractivity contribution in [3.63, 3.8) is 0 Å². The molecule has 0 unspecified atom stereocenters. The van der Waals surface area contributed by atoms with Gasteiger partial charge >= 0.3 is 29.9 Å². The minimum atomic E-state index is -0.412. The molecule has 0 saturated carbocycles. The SMILES string of the molecule is C=CCOC(=O)C=C.[SnH2]. The topological polar surface area (TPSA) is 26.3 Å². The number of ether oxygens (including phenoxy) is 1. The van der Waals surface area contributed by atoms with E-state index in [1.807, 2.05) is 0 Å². The van der Waals surface area contributed by atoms with Gasteiger partial charge in [-0.3, -0.25) is 0 Å². The Morgan fingerprint density at radius 1 is 1.56 bits per heavy atom. The molecule has 3 heteroatoms. The van der Waals surface area contributed by atoms with Crippen LogP contribution in [0, 0.1) is 0 Å². The van der Waals surface area contributed by atoms with Crippen LogP contribution < -0.4 is 0 Å². The summed E-state index contributed by atoms with van der Waals surface area (Å²) in [4.78, 5) is 10.2. The summed E-state index contributed by atoms with van der Waals surface area (Å²) in [5.74, 6) is -0.412. The van der Waals surface area contributed by atoms with E-state index in [1.54, 1.807) is 0 Å². The van der Waals surface area contributed by atoms with Crippen molar-refractivity contribution in [2.24, 2.45) is 0 Å². The van der Waals surface area contributed by atoms with Crippen LogP contribution in [0.5, 0.6) is 0 Å². The second kappa shape index (κ2) is 7.75. The zero-order valence-corrected chi connectivity index (χ0v) is 9.34. The first kappa shape index (κ1) is 11.5. The third-order valence-electron chi connectivity index (χ3n) is 0.510. The molecule has 2 radical (unpaired) electrons. The molecule has 0 aromatic carbocycles. The van der Waals surface area contributed by atoms with Gasteiger partial charge in [-0.2, -0.15) is 0 Å². The summed E-state index contributed by atoms with van der Waals surface area (Å²) in [6.07, 6.45) is 2.62. The van der Waals surface area contributed by atoms with Crippen LogP contribution in [0.1, 0.15) is 0 Å². The van der Waals surface area contributed by atoms with E-state index in [2.05, 4.69) is 17.9 Å². The van der Waals surface area contributed by atoms with Crippen molar-refractivity contribution >= 4 is 29.9 Å². The number of esters is 1. The fourth-order valence-corrected chi connectivity index (χ4v) is 0.200. The summed E-state index contributed by atoms with van der Waals surface area (Å²) in [5.41, 5.74) is 0. The fourth-order valence-electron chi connectivity index (χ4n) is 0.200. The molecular weight excluding hydrogens is 223 g/mol. The molecule has 0 aliphatic rings. The molecule has 0 aromatic heterocycles. The number of rotatable bonds is 3. The molecule has 0 amide bonds. The maximum absolute atomic E-state index is 10.2. The molecule has 9 heavy (non-hydrogen) atoms. The first-order valence-corrected chi connectivity index (χ1v) is 2.21. The molecule has 0 spiro atoms. The third kappa shape index (κ3) is 7.75. The van der Waals surface area contributed by atoms with Crippen molar-refractivity contribution in [2.45, 2.75) is 0 Å². The van der Waals surface area contributed by atoms with Crippen LogP contribution in [0.25, 0.3) is 0 Å². The van der Waals surface area contributed by atoms with Gasteiger partial charge in [0.15, 0.2) is 0 Å². The van der Waals surface area contributed by atoms with Crippen LogP contribution >= 0.6 is 0 Å². The van der Waals surface area contributed by atoms with Crippen LogP contribution in [0.3, 0.4) is 0 Å². The van der Waals surface area contributed by atoms with E-state index in [0.29, 0.717) is 0 Å². The van der Waals surface area contributed by atoms with Crippen molar-refractivity contribution < 1.29 is 9.53 Å². The third-order valence-corrected chi connectivity index (χ3v) is 0.510. The van der Waals surface area contributed by atoms with E-state index in [9.17, 15) is 4.79 Å². The normalized spacial score (nSPS) is 6.67. The van der Waals surface area contributed by atoms with E-state index < -0.39 is 5.97 Å². The van der Waals surface area contributed by atoms with E-state index in [0.717, 1.165) is 6.08 Å². The quantitative estimate of drug-likeness (QED) is 0.296. The molecule has 0 aliphatic heterocycles. The fraction of sp³-hybridized carbons (Fsp3) is 0.167. The summed E-state index contributed by atoms with van der Waals surface area (Å²) in [6, 6.07) is 0. The van der Waals surface area contributed by atoms with E-state index in [1.165, 1.54) is 6.08 Å². The van der Waals surface area contributed by atoms with E-state index in [4.69, 9.17) is 0 Å². The summed E-state index contributed by atoms with van der Waals surface area (Å²) >= 11 is 0. The molecule has 0 atom stereocenters. The standard InChI is InChI=1S/C6H8O2.Sn.2H/c1-3-5-8-6(7)4-2;;;/h3-4H,1-2,5H2;;;. The van der Waals surface area contributed by atoms with Crippen LogP contribution in [0.2, 0.25) is 0 Å². The predicted molar refractivity (Wildman–Crippen MR) is 39.9 cm³/mol. The molecule has 0 saturated heterocycles. The number of hydrogen-bond donors (Lipinski definition) is 0. The zero-order chi connectivity index (χ0) is 6.41. The van der Waals surface area contributed by atoms with Crippen LogP contribution in [0.4, 0.5) is 0 Å². The van der Waals surface area contributed by atoms with Gasteiger partial charge in [-0.25, -0.2) is 4.79 Å². The van der Waals surface area contributed by atoms with Gasteiger partial charge in [0.25, 0.3) is 0 Å². The second-order valence-corrected chi connectivity index (χ2v) is 1.12. The molecule has 50 valence electrons.